The van der Waals surface area contributed by atoms with E-state index in [0.29, 0.717) is 0 Å². The first-order valence-corrected chi connectivity index (χ1v) is 20.4. The molecule has 0 nitrogen and oxygen atoms in total. The molecule has 0 bridgehead atoms. The molecule has 0 amide bonds. The molecule has 0 heterocycles. The first kappa shape index (κ1) is 44.8. The van der Waals surface area contributed by atoms with Crippen molar-refractivity contribution in [2.75, 3.05) is 0 Å². The van der Waals surface area contributed by atoms with Gasteiger partial charge in [-0.3, -0.25) is 6.08 Å². The van der Waals surface area contributed by atoms with Crippen LogP contribution in [0, 0.1) is 12.1 Å². The van der Waals surface area contributed by atoms with Crippen molar-refractivity contribution in [2.24, 2.45) is 0 Å². The van der Waals surface area contributed by atoms with E-state index >= 15 is 0 Å². The Balaban J connectivity index is 0.000000220. The van der Waals surface area contributed by atoms with E-state index in [2.05, 4.69) is 211 Å². The van der Waals surface area contributed by atoms with Gasteiger partial charge in [-0.1, -0.05) is 76.3 Å². The summed E-state index contributed by atoms with van der Waals surface area (Å²) in [7, 11) is 0. The third-order valence-electron chi connectivity index (χ3n) is 10.3. The van der Waals surface area contributed by atoms with E-state index in [-0.39, 0.29) is 47.5 Å². The second kappa shape index (κ2) is 20.5. The molecule has 6 aromatic carbocycles. The Kier molecular flexibility index (Phi) is 16.4. The molecule has 0 radical (unpaired) electrons. The predicted molar refractivity (Wildman–Crippen MR) is 227 cm³/mol. The van der Waals surface area contributed by atoms with Crippen LogP contribution in [0.5, 0.6) is 0 Å². The van der Waals surface area contributed by atoms with Gasteiger partial charge in [-0.25, -0.2) is 12.2 Å². The number of hydrogen-bond donors (Lipinski definition) is 0. The fraction of sp³-hybridized carbons (Fsp3) is 0.226. The zero-order valence-electron chi connectivity index (χ0n) is 33.5. The van der Waals surface area contributed by atoms with Crippen molar-refractivity contribution in [1.82, 2.24) is 0 Å². The molecular formula is C53H52Cl2Zr-2. The summed E-state index contributed by atoms with van der Waals surface area (Å²) in [4.78, 5) is 0. The molecule has 0 aliphatic heterocycles. The second-order valence-corrected chi connectivity index (χ2v) is 17.7. The van der Waals surface area contributed by atoms with Crippen molar-refractivity contribution in [3.8, 4) is 11.1 Å². The van der Waals surface area contributed by atoms with Gasteiger partial charge in [-0.05, 0) is 17.4 Å². The standard InChI is InChI=1S/C27H22.C21H25.C5H5.2ClH.Zr/c1-5-13-22(14-6-1)26(23-15-7-2-8-16-23)21-27(24-17-9-3-10-18-24)25-19-11-4-12-20-25;1-20(2,3)16-9-7-14-11-15-8-10-17(21(4,5)6)13-19(15)18(14)12-16;1-2-4-5-3-1;;;/h1-20,26-27H;7,9-10,12-13H,11H2,1-6H3;1-3H,4H2;2*1H;/q;2*-1;;;+2/p-2. The van der Waals surface area contributed by atoms with E-state index in [4.69, 9.17) is 0 Å². The zero-order valence-corrected chi connectivity index (χ0v) is 37.5. The molecule has 0 N–H and O–H groups in total. The number of hydrogen-bond acceptors (Lipinski definition) is 0. The summed E-state index contributed by atoms with van der Waals surface area (Å²) in [6, 6.07) is 58.7. The van der Waals surface area contributed by atoms with Crippen LogP contribution in [0.3, 0.4) is 0 Å². The van der Waals surface area contributed by atoms with E-state index in [9.17, 15) is 0 Å². The van der Waals surface area contributed by atoms with Gasteiger partial charge in [-0.2, -0.15) is 35.4 Å². The van der Waals surface area contributed by atoms with E-state index in [1.807, 2.05) is 12.2 Å². The van der Waals surface area contributed by atoms with Gasteiger partial charge < -0.3 is 24.8 Å². The normalized spacial score (nSPS) is 12.3. The molecule has 2 aliphatic rings. The zero-order chi connectivity index (χ0) is 38.1. The molecule has 0 unspecified atom stereocenters. The van der Waals surface area contributed by atoms with E-state index in [0.717, 1.165) is 12.8 Å². The van der Waals surface area contributed by atoms with Gasteiger partial charge >= 0.3 is 183 Å². The van der Waals surface area contributed by atoms with Crippen molar-refractivity contribution in [3.05, 3.63) is 227 Å². The van der Waals surface area contributed by atoms with Crippen LogP contribution < -0.4 is 24.8 Å². The molecule has 0 spiro atoms. The van der Waals surface area contributed by atoms with Crippen molar-refractivity contribution in [2.45, 2.75) is 77.0 Å². The Morgan fingerprint density at radius 2 is 0.982 bits per heavy atom. The topological polar surface area (TPSA) is 0 Å². The van der Waals surface area contributed by atoms with Gasteiger partial charge in [0, 0.05) is 0 Å². The number of allylic oxidation sites excluding steroid dienone is 4. The molecular weight excluding hydrogens is 799 g/mol. The molecule has 3 heteroatoms. The first-order valence-electron chi connectivity index (χ1n) is 19.2. The maximum absolute atomic E-state index is 3.53. The SMILES string of the molecule is CC(C)(C)c1c[c-]c2c(c1)-c1cc(C(C)(C)C)ccc1C2.[C-]1=CC=CC1.[Cl-].[Cl-].[Zr+2]=[C](C(c1ccccc1)c1ccccc1)C(c1ccccc1)c1ccccc1. The number of rotatable bonds is 6. The second-order valence-electron chi connectivity index (χ2n) is 16.3. The average molecular weight is 851 g/mol. The van der Waals surface area contributed by atoms with Crippen molar-refractivity contribution in [3.63, 3.8) is 0 Å². The molecule has 6 aromatic rings. The number of fused-ring (bicyclic) bond motifs is 3. The van der Waals surface area contributed by atoms with Crippen molar-refractivity contribution >= 4 is 3.21 Å². The molecule has 0 saturated heterocycles. The van der Waals surface area contributed by atoms with Gasteiger partial charge in [0.25, 0.3) is 0 Å². The maximum atomic E-state index is 3.53. The van der Waals surface area contributed by atoms with Crippen LogP contribution in [0.1, 0.15) is 104 Å². The van der Waals surface area contributed by atoms with Crippen LogP contribution in [0.2, 0.25) is 0 Å². The molecule has 0 atom stereocenters. The van der Waals surface area contributed by atoms with E-state index < -0.39 is 0 Å². The Labute approximate surface area is 364 Å². The monoisotopic (exact) mass is 848 g/mol. The number of halogens is 2. The van der Waals surface area contributed by atoms with Gasteiger partial charge in [0.1, 0.15) is 0 Å². The van der Waals surface area contributed by atoms with Crippen LogP contribution in [-0.2, 0) is 41.5 Å². The molecule has 56 heavy (non-hydrogen) atoms. The van der Waals surface area contributed by atoms with Crippen LogP contribution in [0.15, 0.2) is 170 Å². The summed E-state index contributed by atoms with van der Waals surface area (Å²) in [6.45, 7) is 13.6. The van der Waals surface area contributed by atoms with Gasteiger partial charge in [0.05, 0.1) is 0 Å². The van der Waals surface area contributed by atoms with Gasteiger partial charge in [0.2, 0.25) is 0 Å². The summed E-state index contributed by atoms with van der Waals surface area (Å²) >= 11 is 1.47. The van der Waals surface area contributed by atoms with E-state index in [1.165, 1.54) is 83.1 Å². The predicted octanol–water partition coefficient (Wildman–Crippen LogP) is 7.34. The van der Waals surface area contributed by atoms with Crippen LogP contribution in [-0.4, -0.2) is 3.21 Å². The van der Waals surface area contributed by atoms with Crippen molar-refractivity contribution < 1.29 is 49.0 Å². The molecule has 0 aromatic heterocycles. The Morgan fingerprint density at radius 1 is 0.554 bits per heavy atom. The van der Waals surface area contributed by atoms with Crippen LogP contribution >= 0.6 is 0 Å². The Hall–Kier alpha value is -3.87. The van der Waals surface area contributed by atoms with E-state index in [1.54, 1.807) is 0 Å². The summed E-state index contributed by atoms with van der Waals surface area (Å²) in [5.41, 5.74) is 14.2. The fourth-order valence-corrected chi connectivity index (χ4v) is 8.82. The summed E-state index contributed by atoms with van der Waals surface area (Å²) in [5, 5.41) is 0. The quantitative estimate of drug-likeness (QED) is 0.154. The third-order valence-corrected chi connectivity index (χ3v) is 11.7. The Morgan fingerprint density at radius 3 is 1.34 bits per heavy atom. The van der Waals surface area contributed by atoms with Gasteiger partial charge in [-0.15, -0.1) is 12.0 Å². The van der Waals surface area contributed by atoms with Gasteiger partial charge in [0.15, 0.2) is 0 Å². The summed E-state index contributed by atoms with van der Waals surface area (Å²) in [6.07, 6.45) is 11.0. The molecule has 8 rings (SSSR count). The molecule has 284 valence electrons. The minimum absolute atomic E-state index is 0. The minimum atomic E-state index is 0. The van der Waals surface area contributed by atoms with Crippen LogP contribution in [0.25, 0.3) is 11.1 Å². The average Bonchev–Trinajstić information content (AvgIpc) is 3.89. The third kappa shape index (κ3) is 11.4. The molecule has 0 fully saturated rings. The fourth-order valence-electron chi connectivity index (χ4n) is 7.18. The first-order chi connectivity index (χ1) is 26.0. The Bertz CT molecular complexity index is 1950. The summed E-state index contributed by atoms with van der Waals surface area (Å²) in [5.74, 6) is 0.567. The molecule has 2 aliphatic carbocycles. The molecule has 0 saturated carbocycles. The van der Waals surface area contributed by atoms with Crippen molar-refractivity contribution in [1.29, 1.82) is 0 Å². The van der Waals surface area contributed by atoms with Crippen LogP contribution in [0.4, 0.5) is 0 Å². The summed E-state index contributed by atoms with van der Waals surface area (Å²) < 4.78 is 1.53. The number of benzene rings is 6.